The zero-order valence-electron chi connectivity index (χ0n) is 10.3. The smallest absolute Gasteiger partial charge is 0.152 e. The van der Waals surface area contributed by atoms with E-state index in [2.05, 4.69) is 17.8 Å². The Morgan fingerprint density at radius 1 is 0.947 bits per heavy atom. The average molecular weight is 272 g/mol. The van der Waals surface area contributed by atoms with Gasteiger partial charge in [0, 0.05) is 5.92 Å². The summed E-state index contributed by atoms with van der Waals surface area (Å²) >= 11 is 4.51. The van der Waals surface area contributed by atoms with Gasteiger partial charge in [0.2, 0.25) is 0 Å². The molecule has 0 bridgehead atoms. The first-order valence-electron chi connectivity index (χ1n) is 5.99. The van der Waals surface area contributed by atoms with E-state index >= 15 is 0 Å². The van der Waals surface area contributed by atoms with Crippen molar-refractivity contribution in [2.45, 2.75) is 11.2 Å². The third-order valence-corrected chi connectivity index (χ3v) is 3.61. The molecule has 0 heterocycles. The predicted molar refractivity (Wildman–Crippen MR) is 80.9 cm³/mol. The zero-order chi connectivity index (χ0) is 13.7. The Morgan fingerprint density at radius 2 is 1.37 bits per heavy atom. The second kappa shape index (κ2) is 6.29. The number of amidine groups is 1. The lowest BCUT2D eigenvalue weighted by Crippen LogP contribution is -2.30. The fraction of sp³-hybridized carbons (Fsp3) is 0.133. The summed E-state index contributed by atoms with van der Waals surface area (Å²) in [5.74, 6) is 0.0580. The van der Waals surface area contributed by atoms with E-state index in [9.17, 15) is 0 Å². The van der Waals surface area contributed by atoms with Gasteiger partial charge >= 0.3 is 0 Å². The molecule has 0 amide bonds. The van der Waals surface area contributed by atoms with Crippen molar-refractivity contribution in [3.63, 3.8) is 0 Å². The van der Waals surface area contributed by atoms with Crippen LogP contribution in [0.2, 0.25) is 0 Å². The van der Waals surface area contributed by atoms with Crippen LogP contribution in [0.4, 0.5) is 0 Å². The van der Waals surface area contributed by atoms with Crippen LogP contribution in [-0.4, -0.2) is 16.3 Å². The van der Waals surface area contributed by atoms with Crippen molar-refractivity contribution in [1.29, 1.82) is 0 Å². The molecular formula is C15H16N2OS. The van der Waals surface area contributed by atoms with E-state index < -0.39 is 0 Å². The number of oxime groups is 1. The van der Waals surface area contributed by atoms with Gasteiger partial charge in [0.25, 0.3) is 0 Å². The maximum Gasteiger partial charge on any atom is 0.152 e. The summed E-state index contributed by atoms with van der Waals surface area (Å²) in [7, 11) is 0. The molecule has 0 saturated carbocycles. The van der Waals surface area contributed by atoms with Gasteiger partial charge in [-0.2, -0.15) is 12.6 Å². The molecule has 0 aliphatic rings. The van der Waals surface area contributed by atoms with E-state index in [-0.39, 0.29) is 17.0 Å². The Bertz CT molecular complexity index is 503. The van der Waals surface area contributed by atoms with Crippen LogP contribution >= 0.6 is 12.6 Å². The monoisotopic (exact) mass is 272 g/mol. The summed E-state index contributed by atoms with van der Waals surface area (Å²) in [6, 6.07) is 19.9. The number of benzene rings is 2. The average Bonchev–Trinajstić information content (AvgIpc) is 2.49. The number of nitrogens with zero attached hydrogens (tertiary/aromatic N) is 1. The molecule has 98 valence electrons. The van der Waals surface area contributed by atoms with Crippen LogP contribution in [0, 0.1) is 0 Å². The van der Waals surface area contributed by atoms with Gasteiger partial charge in [-0.1, -0.05) is 65.8 Å². The molecule has 2 aromatic rings. The maximum atomic E-state index is 8.86. The van der Waals surface area contributed by atoms with E-state index in [4.69, 9.17) is 10.9 Å². The minimum Gasteiger partial charge on any atom is -0.409 e. The van der Waals surface area contributed by atoms with E-state index in [0.717, 1.165) is 11.1 Å². The van der Waals surface area contributed by atoms with E-state index in [1.807, 2.05) is 60.7 Å². The fourth-order valence-electron chi connectivity index (χ4n) is 2.11. The summed E-state index contributed by atoms with van der Waals surface area (Å²) in [4.78, 5) is 0. The lowest BCUT2D eigenvalue weighted by Gasteiger charge is -2.23. The van der Waals surface area contributed by atoms with Gasteiger partial charge in [-0.3, -0.25) is 0 Å². The molecule has 3 nitrogen and oxygen atoms in total. The second-order valence-electron chi connectivity index (χ2n) is 4.27. The number of hydrogen-bond donors (Lipinski definition) is 3. The highest BCUT2D eigenvalue weighted by molar-refractivity contribution is 7.81. The third-order valence-electron chi connectivity index (χ3n) is 3.05. The molecule has 4 heteroatoms. The highest BCUT2D eigenvalue weighted by Crippen LogP contribution is 2.30. The normalized spacial score (nSPS) is 13.5. The Kier molecular flexibility index (Phi) is 4.47. The SMILES string of the molecule is NC(=NO)C(S)C(c1ccccc1)c1ccccc1. The van der Waals surface area contributed by atoms with Gasteiger partial charge in [0.05, 0.1) is 5.25 Å². The van der Waals surface area contributed by atoms with Crippen molar-refractivity contribution in [3.8, 4) is 0 Å². The molecule has 0 fully saturated rings. The van der Waals surface area contributed by atoms with Crippen LogP contribution in [0.3, 0.4) is 0 Å². The summed E-state index contributed by atoms with van der Waals surface area (Å²) in [5, 5.41) is 11.6. The Hall–Kier alpha value is -1.94. The quantitative estimate of drug-likeness (QED) is 0.263. The molecule has 19 heavy (non-hydrogen) atoms. The van der Waals surface area contributed by atoms with Crippen molar-refractivity contribution < 1.29 is 5.21 Å². The highest BCUT2D eigenvalue weighted by atomic mass is 32.1. The van der Waals surface area contributed by atoms with Crippen LogP contribution in [0.25, 0.3) is 0 Å². The Labute approximate surface area is 118 Å². The van der Waals surface area contributed by atoms with Gasteiger partial charge in [-0.15, -0.1) is 0 Å². The molecule has 0 aromatic heterocycles. The Balaban J connectivity index is 2.46. The highest BCUT2D eigenvalue weighted by Gasteiger charge is 2.25. The summed E-state index contributed by atoms with van der Waals surface area (Å²) in [5.41, 5.74) is 7.88. The molecule has 1 atom stereocenters. The lowest BCUT2D eigenvalue weighted by molar-refractivity contribution is 0.317. The molecule has 0 aliphatic heterocycles. The van der Waals surface area contributed by atoms with Crippen molar-refractivity contribution in [2.24, 2.45) is 10.9 Å². The van der Waals surface area contributed by atoms with Crippen LogP contribution < -0.4 is 5.73 Å². The first-order valence-corrected chi connectivity index (χ1v) is 6.51. The molecular weight excluding hydrogens is 256 g/mol. The van der Waals surface area contributed by atoms with Crippen LogP contribution in [-0.2, 0) is 0 Å². The van der Waals surface area contributed by atoms with Crippen molar-refractivity contribution >= 4 is 18.5 Å². The molecule has 2 aromatic carbocycles. The van der Waals surface area contributed by atoms with Gasteiger partial charge < -0.3 is 10.9 Å². The van der Waals surface area contributed by atoms with Gasteiger partial charge in [0.1, 0.15) is 0 Å². The molecule has 1 unspecified atom stereocenters. The Morgan fingerprint density at radius 3 is 1.74 bits per heavy atom. The number of thiol groups is 1. The maximum absolute atomic E-state index is 8.86. The second-order valence-corrected chi connectivity index (χ2v) is 4.83. The molecule has 0 radical (unpaired) electrons. The summed E-state index contributed by atoms with van der Waals surface area (Å²) < 4.78 is 0. The molecule has 3 N–H and O–H groups in total. The third kappa shape index (κ3) is 3.09. The predicted octanol–water partition coefficient (Wildman–Crippen LogP) is 2.86. The summed E-state index contributed by atoms with van der Waals surface area (Å²) in [6.07, 6.45) is 0. The van der Waals surface area contributed by atoms with Crippen molar-refractivity contribution in [1.82, 2.24) is 0 Å². The number of rotatable bonds is 4. The number of hydrogen-bond acceptors (Lipinski definition) is 3. The van der Waals surface area contributed by atoms with E-state index in [0.29, 0.717) is 0 Å². The van der Waals surface area contributed by atoms with E-state index in [1.165, 1.54) is 0 Å². The van der Waals surface area contributed by atoms with Crippen molar-refractivity contribution in [2.75, 3.05) is 0 Å². The minimum absolute atomic E-state index is 0.0540. The van der Waals surface area contributed by atoms with Crippen LogP contribution in [0.5, 0.6) is 0 Å². The largest absolute Gasteiger partial charge is 0.409 e. The molecule has 2 rings (SSSR count). The minimum atomic E-state index is -0.380. The van der Waals surface area contributed by atoms with E-state index in [1.54, 1.807) is 0 Å². The lowest BCUT2D eigenvalue weighted by atomic mass is 9.88. The first kappa shape index (κ1) is 13.5. The van der Waals surface area contributed by atoms with Crippen LogP contribution in [0.15, 0.2) is 65.8 Å². The van der Waals surface area contributed by atoms with Gasteiger partial charge in [-0.05, 0) is 11.1 Å². The first-order chi connectivity index (χ1) is 9.24. The summed E-state index contributed by atoms with van der Waals surface area (Å²) in [6.45, 7) is 0. The standard InChI is InChI=1S/C15H16N2OS/c16-15(17-18)14(19)13(11-7-3-1-4-8-11)12-9-5-2-6-10-12/h1-10,13-14,18-19H,(H2,16,17). The number of nitrogens with two attached hydrogens (primary N) is 1. The zero-order valence-corrected chi connectivity index (χ0v) is 11.2. The van der Waals surface area contributed by atoms with Gasteiger partial charge in [0.15, 0.2) is 5.84 Å². The van der Waals surface area contributed by atoms with Crippen LogP contribution in [0.1, 0.15) is 17.0 Å². The topological polar surface area (TPSA) is 58.6 Å². The van der Waals surface area contributed by atoms with Gasteiger partial charge in [-0.25, -0.2) is 0 Å². The fourth-order valence-corrected chi connectivity index (χ4v) is 2.50. The molecule has 0 spiro atoms. The van der Waals surface area contributed by atoms with Crippen molar-refractivity contribution in [3.05, 3.63) is 71.8 Å². The molecule has 0 aliphatic carbocycles. The molecule has 0 saturated heterocycles.